The van der Waals surface area contributed by atoms with Crippen molar-refractivity contribution in [3.05, 3.63) is 29.6 Å². The quantitative estimate of drug-likeness (QED) is 0.861. The summed E-state index contributed by atoms with van der Waals surface area (Å²) in [6, 6.07) is 4.68. The molecule has 6 heteroatoms. The van der Waals surface area contributed by atoms with E-state index in [0.29, 0.717) is 17.8 Å². The highest BCUT2D eigenvalue weighted by Gasteiger charge is 2.22. The van der Waals surface area contributed by atoms with Crippen molar-refractivity contribution in [2.75, 3.05) is 44.2 Å². The molecule has 0 spiro atoms. The topological polar surface area (TPSA) is 61.6 Å². The van der Waals surface area contributed by atoms with E-state index >= 15 is 0 Å². The Morgan fingerprint density at radius 1 is 1.30 bits per heavy atom. The van der Waals surface area contributed by atoms with Crippen LogP contribution in [0, 0.1) is 5.82 Å². The number of halogens is 1. The second-order valence-electron chi connectivity index (χ2n) is 6.63. The Morgan fingerprint density at radius 3 is 2.48 bits per heavy atom. The van der Waals surface area contributed by atoms with Crippen molar-refractivity contribution in [3.63, 3.8) is 0 Å². The fraction of sp³-hybridized carbons (Fsp3) is 0.588. The van der Waals surface area contributed by atoms with Crippen LogP contribution in [0.4, 0.5) is 10.1 Å². The Bertz CT molecular complexity index is 554. The molecule has 1 fully saturated rings. The summed E-state index contributed by atoms with van der Waals surface area (Å²) in [4.78, 5) is 16.6. The summed E-state index contributed by atoms with van der Waals surface area (Å²) < 4.78 is 14.4. The predicted octanol–water partition coefficient (Wildman–Crippen LogP) is 1.43. The molecule has 1 aromatic rings. The standard InChI is InChI=1S/C17H27FN4O/c1-4-21-7-9-22(10-8-21)15-6-5-13(11-14(15)18)16(23)20-17(2,3)12-19/h5-6,11H,4,7-10,12,19H2,1-3H3,(H,20,23). The van der Waals surface area contributed by atoms with Crippen molar-refractivity contribution < 1.29 is 9.18 Å². The van der Waals surface area contributed by atoms with Gasteiger partial charge < -0.3 is 20.9 Å². The maximum Gasteiger partial charge on any atom is 0.251 e. The number of anilines is 1. The number of likely N-dealkylation sites (N-methyl/N-ethyl adjacent to an activating group) is 1. The SMILES string of the molecule is CCN1CCN(c2ccc(C(=O)NC(C)(C)CN)cc2F)CC1. The van der Waals surface area contributed by atoms with Crippen LogP contribution in [0.5, 0.6) is 0 Å². The number of nitrogens with one attached hydrogen (secondary N) is 1. The number of hydrogen-bond acceptors (Lipinski definition) is 4. The molecule has 1 aliphatic heterocycles. The summed E-state index contributed by atoms with van der Waals surface area (Å²) in [7, 11) is 0. The average molecular weight is 322 g/mol. The molecule has 0 aromatic heterocycles. The van der Waals surface area contributed by atoms with Crippen molar-refractivity contribution in [1.82, 2.24) is 10.2 Å². The summed E-state index contributed by atoms with van der Waals surface area (Å²) in [5, 5.41) is 2.81. The number of nitrogens with zero attached hydrogens (tertiary/aromatic N) is 2. The molecule has 0 aliphatic carbocycles. The Kier molecular flexibility index (Phi) is 5.59. The normalized spacial score (nSPS) is 16.5. The van der Waals surface area contributed by atoms with Crippen molar-refractivity contribution in [2.24, 2.45) is 5.73 Å². The summed E-state index contributed by atoms with van der Waals surface area (Å²) >= 11 is 0. The number of amides is 1. The van der Waals surface area contributed by atoms with Gasteiger partial charge in [0.25, 0.3) is 5.91 Å². The van der Waals surface area contributed by atoms with Gasteiger partial charge in [-0.3, -0.25) is 4.79 Å². The second-order valence-corrected chi connectivity index (χ2v) is 6.63. The van der Waals surface area contributed by atoms with E-state index in [0.717, 1.165) is 32.7 Å². The van der Waals surface area contributed by atoms with Crippen LogP contribution in [-0.2, 0) is 0 Å². The largest absolute Gasteiger partial charge is 0.367 e. The first-order chi connectivity index (χ1) is 10.9. The molecule has 2 rings (SSSR count). The first-order valence-corrected chi connectivity index (χ1v) is 8.15. The van der Waals surface area contributed by atoms with E-state index in [1.54, 1.807) is 12.1 Å². The number of benzene rings is 1. The lowest BCUT2D eigenvalue weighted by Gasteiger charge is -2.35. The van der Waals surface area contributed by atoms with Crippen molar-refractivity contribution in [2.45, 2.75) is 26.3 Å². The Balaban J connectivity index is 2.08. The van der Waals surface area contributed by atoms with E-state index in [-0.39, 0.29) is 11.7 Å². The minimum Gasteiger partial charge on any atom is -0.367 e. The van der Waals surface area contributed by atoms with Gasteiger partial charge in [-0.1, -0.05) is 6.92 Å². The van der Waals surface area contributed by atoms with E-state index in [1.165, 1.54) is 6.07 Å². The molecule has 0 atom stereocenters. The maximum atomic E-state index is 14.4. The molecule has 5 nitrogen and oxygen atoms in total. The summed E-state index contributed by atoms with van der Waals surface area (Å²) in [6.07, 6.45) is 0. The molecule has 3 N–H and O–H groups in total. The van der Waals surface area contributed by atoms with Gasteiger partial charge in [0, 0.05) is 43.8 Å². The molecule has 0 radical (unpaired) electrons. The molecule has 128 valence electrons. The molecule has 0 saturated carbocycles. The first kappa shape index (κ1) is 17.7. The number of piperazine rings is 1. The number of carbonyl (C=O) groups is 1. The lowest BCUT2D eigenvalue weighted by Crippen LogP contribution is -2.49. The molecular weight excluding hydrogens is 295 g/mol. The number of carbonyl (C=O) groups excluding carboxylic acids is 1. The Morgan fingerprint density at radius 2 is 1.96 bits per heavy atom. The van der Waals surface area contributed by atoms with Gasteiger partial charge in [0.2, 0.25) is 0 Å². The Hall–Kier alpha value is -1.66. The van der Waals surface area contributed by atoms with Gasteiger partial charge >= 0.3 is 0 Å². The smallest absolute Gasteiger partial charge is 0.251 e. The number of rotatable bonds is 5. The average Bonchev–Trinajstić information content (AvgIpc) is 2.54. The van der Waals surface area contributed by atoms with Crippen LogP contribution in [0.15, 0.2) is 18.2 Å². The second kappa shape index (κ2) is 7.27. The lowest BCUT2D eigenvalue weighted by atomic mass is 10.0. The third-order valence-electron chi connectivity index (χ3n) is 4.33. The molecule has 1 saturated heterocycles. The molecule has 1 amide bonds. The van der Waals surface area contributed by atoms with Gasteiger partial charge in [0.15, 0.2) is 0 Å². The van der Waals surface area contributed by atoms with Crippen molar-refractivity contribution in [1.29, 1.82) is 0 Å². The van der Waals surface area contributed by atoms with Gasteiger partial charge in [-0.25, -0.2) is 4.39 Å². The molecule has 1 aromatic carbocycles. The Labute approximate surface area is 137 Å². The third-order valence-corrected chi connectivity index (χ3v) is 4.33. The highest BCUT2D eigenvalue weighted by atomic mass is 19.1. The fourth-order valence-corrected chi connectivity index (χ4v) is 2.64. The van der Waals surface area contributed by atoms with E-state index < -0.39 is 5.54 Å². The van der Waals surface area contributed by atoms with Crippen LogP contribution >= 0.6 is 0 Å². The lowest BCUT2D eigenvalue weighted by molar-refractivity contribution is 0.0915. The van der Waals surface area contributed by atoms with Crippen LogP contribution in [0.2, 0.25) is 0 Å². The molecule has 0 bridgehead atoms. The minimum atomic E-state index is -0.511. The number of nitrogens with two attached hydrogens (primary N) is 1. The van der Waals surface area contributed by atoms with Crippen LogP contribution < -0.4 is 16.0 Å². The van der Waals surface area contributed by atoms with Crippen LogP contribution in [0.3, 0.4) is 0 Å². The maximum absolute atomic E-state index is 14.4. The van der Waals surface area contributed by atoms with E-state index in [1.807, 2.05) is 18.7 Å². The zero-order valence-electron chi connectivity index (χ0n) is 14.2. The van der Waals surface area contributed by atoms with Crippen LogP contribution in [-0.4, -0.2) is 55.6 Å². The van der Waals surface area contributed by atoms with Crippen molar-refractivity contribution >= 4 is 11.6 Å². The summed E-state index contributed by atoms with van der Waals surface area (Å²) in [5.41, 5.74) is 5.98. The minimum absolute atomic E-state index is 0.304. The number of hydrogen-bond donors (Lipinski definition) is 2. The van der Waals surface area contributed by atoms with Crippen molar-refractivity contribution in [3.8, 4) is 0 Å². The molecule has 1 heterocycles. The van der Waals surface area contributed by atoms with Gasteiger partial charge in [0.1, 0.15) is 5.82 Å². The third kappa shape index (κ3) is 4.42. The molecule has 0 unspecified atom stereocenters. The van der Waals surface area contributed by atoms with Gasteiger partial charge in [0.05, 0.1) is 5.69 Å². The van der Waals surface area contributed by atoms with Gasteiger partial charge in [-0.2, -0.15) is 0 Å². The summed E-state index contributed by atoms with van der Waals surface area (Å²) in [6.45, 7) is 10.6. The monoisotopic (exact) mass is 322 g/mol. The predicted molar refractivity (Wildman–Crippen MR) is 91.3 cm³/mol. The zero-order valence-corrected chi connectivity index (χ0v) is 14.2. The van der Waals surface area contributed by atoms with E-state index in [9.17, 15) is 9.18 Å². The van der Waals surface area contributed by atoms with E-state index in [2.05, 4.69) is 17.1 Å². The van der Waals surface area contributed by atoms with Crippen LogP contribution in [0.1, 0.15) is 31.1 Å². The summed E-state index contributed by atoms with van der Waals surface area (Å²) in [5.74, 6) is -0.658. The van der Waals surface area contributed by atoms with Crippen LogP contribution in [0.25, 0.3) is 0 Å². The first-order valence-electron chi connectivity index (χ1n) is 8.15. The molecule has 1 aliphatic rings. The highest BCUT2D eigenvalue weighted by Crippen LogP contribution is 2.22. The van der Waals surface area contributed by atoms with Gasteiger partial charge in [-0.15, -0.1) is 0 Å². The zero-order chi connectivity index (χ0) is 17.0. The molecule has 23 heavy (non-hydrogen) atoms. The highest BCUT2D eigenvalue weighted by molar-refractivity contribution is 5.95. The van der Waals surface area contributed by atoms with Gasteiger partial charge in [-0.05, 0) is 38.6 Å². The molecular formula is C17H27FN4O. The van der Waals surface area contributed by atoms with E-state index in [4.69, 9.17) is 5.73 Å². The fourth-order valence-electron chi connectivity index (χ4n) is 2.64.